The summed E-state index contributed by atoms with van der Waals surface area (Å²) in [6.45, 7) is 8.39. The summed E-state index contributed by atoms with van der Waals surface area (Å²) in [4.78, 5) is 61.8. The third-order valence-electron chi connectivity index (χ3n) is 7.22. The highest BCUT2D eigenvalue weighted by Gasteiger charge is 2.51. The van der Waals surface area contributed by atoms with E-state index in [0.717, 1.165) is 12.2 Å². The Labute approximate surface area is 212 Å². The molecule has 3 atom stereocenters. The summed E-state index contributed by atoms with van der Waals surface area (Å²) in [6.07, 6.45) is 7.76. The van der Waals surface area contributed by atoms with Gasteiger partial charge in [-0.1, -0.05) is 26.0 Å². The van der Waals surface area contributed by atoms with Crippen LogP contribution in [0.4, 0.5) is 5.82 Å². The largest absolute Gasteiger partial charge is 0.462 e. The number of aromatic nitrogens is 1. The Kier molecular flexibility index (Phi) is 8.06. The number of ether oxygens (including phenoxy) is 1. The summed E-state index contributed by atoms with van der Waals surface area (Å²) >= 11 is 0. The maximum absolute atomic E-state index is 13.8. The SMILES string of the molecule is CCOC(=O)c1ccc(N2CCCN(C(=O)C(CC(C)C)N3C(=O)C4CC=CCC4C3=O)CC2)nc1. The van der Waals surface area contributed by atoms with Crippen LogP contribution in [0.3, 0.4) is 0 Å². The average molecular weight is 497 g/mol. The van der Waals surface area contributed by atoms with E-state index in [1.165, 1.54) is 11.1 Å². The van der Waals surface area contributed by atoms with E-state index in [9.17, 15) is 19.2 Å². The van der Waals surface area contributed by atoms with Gasteiger partial charge in [0, 0.05) is 32.4 Å². The lowest BCUT2D eigenvalue weighted by molar-refractivity contribution is -0.152. The second-order valence-electron chi connectivity index (χ2n) is 10.1. The number of hydrogen-bond donors (Lipinski definition) is 0. The molecule has 2 saturated heterocycles. The summed E-state index contributed by atoms with van der Waals surface area (Å²) in [5, 5.41) is 0. The number of allylic oxidation sites excluding steroid dienone is 2. The number of rotatable bonds is 7. The zero-order chi connectivity index (χ0) is 25.8. The van der Waals surface area contributed by atoms with Crippen molar-refractivity contribution in [2.45, 2.75) is 52.5 Å². The van der Waals surface area contributed by atoms with E-state index >= 15 is 0 Å². The Hall–Kier alpha value is -3.23. The number of esters is 1. The molecule has 1 aromatic heterocycles. The van der Waals surface area contributed by atoms with Crippen LogP contribution in [0.5, 0.6) is 0 Å². The van der Waals surface area contributed by atoms with E-state index < -0.39 is 12.0 Å². The van der Waals surface area contributed by atoms with Gasteiger partial charge in [-0.05, 0) is 50.7 Å². The van der Waals surface area contributed by atoms with Crippen LogP contribution in [-0.4, -0.2) is 77.3 Å². The number of hydrogen-bond acceptors (Lipinski definition) is 7. The Morgan fingerprint density at radius 1 is 1.03 bits per heavy atom. The molecule has 2 fully saturated rings. The summed E-state index contributed by atoms with van der Waals surface area (Å²) in [6, 6.07) is 2.73. The third-order valence-corrected chi connectivity index (χ3v) is 7.22. The molecule has 0 saturated carbocycles. The average Bonchev–Trinajstić information content (AvgIpc) is 3.02. The van der Waals surface area contributed by atoms with Crippen molar-refractivity contribution in [1.82, 2.24) is 14.8 Å². The predicted molar refractivity (Wildman–Crippen MR) is 134 cm³/mol. The number of carbonyl (C=O) groups is 4. The lowest BCUT2D eigenvalue weighted by atomic mass is 9.85. The maximum atomic E-state index is 13.8. The van der Waals surface area contributed by atoms with Gasteiger partial charge < -0.3 is 14.5 Å². The van der Waals surface area contributed by atoms with E-state index in [-0.39, 0.29) is 35.5 Å². The molecule has 9 nitrogen and oxygen atoms in total. The normalized spacial score (nSPS) is 23.1. The van der Waals surface area contributed by atoms with Crippen LogP contribution in [0.2, 0.25) is 0 Å². The molecule has 0 bridgehead atoms. The first-order valence-corrected chi connectivity index (χ1v) is 13.0. The number of nitrogens with zero attached hydrogens (tertiary/aromatic N) is 4. The summed E-state index contributed by atoms with van der Waals surface area (Å²) in [5.41, 5.74) is 0.402. The topological polar surface area (TPSA) is 100 Å². The van der Waals surface area contributed by atoms with Gasteiger partial charge in [0.15, 0.2) is 0 Å². The molecule has 36 heavy (non-hydrogen) atoms. The molecule has 0 radical (unpaired) electrons. The number of imide groups is 1. The third kappa shape index (κ3) is 5.29. The van der Waals surface area contributed by atoms with Gasteiger partial charge in [0.05, 0.1) is 24.0 Å². The van der Waals surface area contributed by atoms with Crippen LogP contribution >= 0.6 is 0 Å². The quantitative estimate of drug-likeness (QED) is 0.325. The minimum atomic E-state index is -0.760. The first-order chi connectivity index (χ1) is 17.3. The van der Waals surface area contributed by atoms with Gasteiger partial charge in [-0.2, -0.15) is 0 Å². The molecule has 0 spiro atoms. The molecular weight excluding hydrogens is 460 g/mol. The van der Waals surface area contributed by atoms with Crippen molar-refractivity contribution in [3.63, 3.8) is 0 Å². The Bertz CT molecular complexity index is 995. The van der Waals surface area contributed by atoms with Crippen LogP contribution in [0, 0.1) is 17.8 Å². The molecule has 1 aromatic rings. The minimum Gasteiger partial charge on any atom is -0.462 e. The number of likely N-dealkylation sites (tertiary alicyclic amines) is 1. The van der Waals surface area contributed by atoms with Gasteiger partial charge in [0.1, 0.15) is 11.9 Å². The molecular formula is C27H36N4O5. The van der Waals surface area contributed by atoms with Gasteiger partial charge in [0.2, 0.25) is 17.7 Å². The van der Waals surface area contributed by atoms with Crippen molar-refractivity contribution in [1.29, 1.82) is 0 Å². The van der Waals surface area contributed by atoms with Crippen LogP contribution < -0.4 is 4.90 Å². The summed E-state index contributed by atoms with van der Waals surface area (Å²) in [7, 11) is 0. The second-order valence-corrected chi connectivity index (χ2v) is 10.1. The van der Waals surface area contributed by atoms with Crippen molar-refractivity contribution in [3.8, 4) is 0 Å². The maximum Gasteiger partial charge on any atom is 0.339 e. The van der Waals surface area contributed by atoms with E-state index in [4.69, 9.17) is 4.74 Å². The monoisotopic (exact) mass is 496 g/mol. The van der Waals surface area contributed by atoms with Gasteiger partial charge in [0.25, 0.3) is 0 Å². The molecule has 3 unspecified atom stereocenters. The molecule has 0 aromatic carbocycles. The smallest absolute Gasteiger partial charge is 0.339 e. The van der Waals surface area contributed by atoms with Gasteiger partial charge in [-0.25, -0.2) is 9.78 Å². The van der Waals surface area contributed by atoms with Gasteiger partial charge in [-0.3, -0.25) is 19.3 Å². The molecule has 3 heterocycles. The lowest BCUT2D eigenvalue weighted by Gasteiger charge is -2.32. The Balaban J connectivity index is 1.45. The van der Waals surface area contributed by atoms with Crippen molar-refractivity contribution >= 4 is 29.5 Å². The number of carbonyl (C=O) groups excluding carboxylic acids is 4. The zero-order valence-corrected chi connectivity index (χ0v) is 21.4. The van der Waals surface area contributed by atoms with Crippen LogP contribution in [0.1, 0.15) is 56.8 Å². The van der Waals surface area contributed by atoms with Crippen molar-refractivity contribution < 1.29 is 23.9 Å². The summed E-state index contributed by atoms with van der Waals surface area (Å²) in [5.74, 6) is -0.734. The fourth-order valence-corrected chi connectivity index (χ4v) is 5.38. The predicted octanol–water partition coefficient (Wildman–Crippen LogP) is 2.66. The number of pyridine rings is 1. The van der Waals surface area contributed by atoms with E-state index in [2.05, 4.69) is 9.88 Å². The molecule has 4 rings (SSSR count). The fourth-order valence-electron chi connectivity index (χ4n) is 5.38. The number of fused-ring (bicyclic) bond motifs is 1. The Morgan fingerprint density at radius 2 is 1.72 bits per heavy atom. The molecule has 2 aliphatic heterocycles. The highest BCUT2D eigenvalue weighted by Crippen LogP contribution is 2.37. The standard InChI is InChI=1S/C27H36N4O5/c1-4-36-27(35)19-10-11-23(28-17-19)29-12-7-13-30(15-14-29)26(34)22(16-18(2)3)31-24(32)20-8-5-6-9-21(20)25(31)33/h5-6,10-11,17-18,20-22H,4,7-9,12-16H2,1-3H3. The van der Waals surface area contributed by atoms with Gasteiger partial charge in [-0.15, -0.1) is 0 Å². The van der Waals surface area contributed by atoms with Crippen molar-refractivity contribution in [2.75, 3.05) is 37.7 Å². The molecule has 9 heteroatoms. The van der Waals surface area contributed by atoms with Crippen LogP contribution in [-0.2, 0) is 19.1 Å². The number of amides is 3. The lowest BCUT2D eigenvalue weighted by Crippen LogP contribution is -2.52. The highest BCUT2D eigenvalue weighted by molar-refractivity contribution is 6.08. The second kappa shape index (κ2) is 11.2. The van der Waals surface area contributed by atoms with Crippen molar-refractivity contribution in [2.24, 2.45) is 17.8 Å². The van der Waals surface area contributed by atoms with Crippen molar-refractivity contribution in [3.05, 3.63) is 36.0 Å². The zero-order valence-electron chi connectivity index (χ0n) is 21.4. The van der Waals surface area contributed by atoms with Crippen LogP contribution in [0.25, 0.3) is 0 Å². The minimum absolute atomic E-state index is 0.149. The van der Waals surface area contributed by atoms with E-state index in [0.29, 0.717) is 57.6 Å². The molecule has 1 aliphatic carbocycles. The van der Waals surface area contributed by atoms with E-state index in [1.54, 1.807) is 24.0 Å². The molecule has 194 valence electrons. The molecule has 3 aliphatic rings. The molecule has 0 N–H and O–H groups in total. The first kappa shape index (κ1) is 25.9. The first-order valence-electron chi connectivity index (χ1n) is 13.0. The van der Waals surface area contributed by atoms with E-state index in [1.807, 2.05) is 26.0 Å². The van der Waals surface area contributed by atoms with Gasteiger partial charge >= 0.3 is 5.97 Å². The fraction of sp³-hybridized carbons (Fsp3) is 0.593. The molecule has 3 amide bonds. The highest BCUT2D eigenvalue weighted by atomic mass is 16.5. The summed E-state index contributed by atoms with van der Waals surface area (Å²) < 4.78 is 5.02. The number of anilines is 1. The van der Waals surface area contributed by atoms with Crippen LogP contribution in [0.15, 0.2) is 30.5 Å². The Morgan fingerprint density at radius 3 is 2.31 bits per heavy atom.